The van der Waals surface area contributed by atoms with E-state index >= 15 is 0 Å². The summed E-state index contributed by atoms with van der Waals surface area (Å²) < 4.78 is 0. The van der Waals surface area contributed by atoms with Crippen molar-refractivity contribution in [3.63, 3.8) is 0 Å². The van der Waals surface area contributed by atoms with Gasteiger partial charge in [0.15, 0.2) is 0 Å². The van der Waals surface area contributed by atoms with Crippen LogP contribution >= 0.6 is 0 Å². The lowest BCUT2D eigenvalue weighted by atomic mass is 9.98. The van der Waals surface area contributed by atoms with Gasteiger partial charge >= 0.3 is 0 Å². The van der Waals surface area contributed by atoms with Gasteiger partial charge in [-0.25, -0.2) is 10.1 Å². The van der Waals surface area contributed by atoms with Crippen molar-refractivity contribution in [3.8, 4) is 17.2 Å². The van der Waals surface area contributed by atoms with Gasteiger partial charge in [-0.15, -0.1) is 0 Å². The number of rotatable bonds is 3. The van der Waals surface area contributed by atoms with Gasteiger partial charge in [0.25, 0.3) is 22.8 Å². The quantitative estimate of drug-likeness (QED) is 0.290. The van der Waals surface area contributed by atoms with Crippen LogP contribution < -0.4 is 0 Å². The molecule has 0 unspecified atom stereocenters. The van der Waals surface area contributed by atoms with E-state index in [0.29, 0.717) is 5.56 Å². The van der Waals surface area contributed by atoms with E-state index in [1.54, 1.807) is 6.07 Å². The van der Waals surface area contributed by atoms with Crippen LogP contribution in [0.15, 0.2) is 30.0 Å². The highest BCUT2D eigenvalue weighted by Crippen LogP contribution is 2.53. The standard InChI is InChI=1S/C17H7N5O6/c1-8-3-9(20(23)24)4-11-15(8)17-12(16(11)13(7-18)19-2)5-10(21(25)26)6-14(17)22(27)28/h3-6H,1H3. The summed E-state index contributed by atoms with van der Waals surface area (Å²) in [6, 6.07) is 5.79. The Morgan fingerprint density at radius 1 is 0.964 bits per heavy atom. The molecule has 0 saturated heterocycles. The number of hydrogen-bond acceptors (Lipinski definition) is 7. The lowest BCUT2D eigenvalue weighted by molar-refractivity contribution is -0.393. The van der Waals surface area contributed by atoms with Crippen LogP contribution in [0.5, 0.6) is 0 Å². The first kappa shape index (κ1) is 18.2. The Bertz CT molecular complexity index is 1220. The van der Waals surface area contributed by atoms with Crippen LogP contribution in [-0.4, -0.2) is 14.8 Å². The fourth-order valence-electron chi connectivity index (χ4n) is 3.26. The molecule has 0 spiro atoms. The highest BCUT2D eigenvalue weighted by atomic mass is 16.6. The van der Waals surface area contributed by atoms with Gasteiger partial charge in [-0.3, -0.25) is 30.3 Å². The second-order valence-corrected chi connectivity index (χ2v) is 5.79. The zero-order valence-electron chi connectivity index (χ0n) is 14.0. The molecule has 136 valence electrons. The van der Waals surface area contributed by atoms with Gasteiger partial charge in [0.2, 0.25) is 0 Å². The summed E-state index contributed by atoms with van der Waals surface area (Å²) in [5.41, 5.74) is -1.52. The molecule has 11 heteroatoms. The number of nitrogens with zero attached hydrogens (tertiary/aromatic N) is 5. The number of aryl methyl sites for hydroxylation is 1. The zero-order chi connectivity index (χ0) is 20.7. The summed E-state index contributed by atoms with van der Waals surface area (Å²) in [4.78, 5) is 34.8. The summed E-state index contributed by atoms with van der Waals surface area (Å²) >= 11 is 0. The molecule has 2 aromatic carbocycles. The molecule has 0 amide bonds. The minimum atomic E-state index is -0.826. The number of hydrogen-bond donors (Lipinski definition) is 0. The number of nitro benzene ring substituents is 3. The van der Waals surface area contributed by atoms with Crippen molar-refractivity contribution in [2.45, 2.75) is 6.92 Å². The molecule has 0 saturated carbocycles. The van der Waals surface area contributed by atoms with Gasteiger partial charge in [-0.05, 0) is 29.2 Å². The highest BCUT2D eigenvalue weighted by molar-refractivity contribution is 6.08. The molecular formula is C17H7N5O6. The van der Waals surface area contributed by atoms with Crippen molar-refractivity contribution in [2.75, 3.05) is 0 Å². The second kappa shape index (κ2) is 6.26. The van der Waals surface area contributed by atoms with Gasteiger partial charge in [0, 0.05) is 23.8 Å². The topological polar surface area (TPSA) is 158 Å². The van der Waals surface area contributed by atoms with Crippen molar-refractivity contribution < 1.29 is 14.8 Å². The van der Waals surface area contributed by atoms with Crippen molar-refractivity contribution in [3.05, 3.63) is 88.4 Å². The third-order valence-corrected chi connectivity index (χ3v) is 4.28. The number of benzene rings is 2. The highest BCUT2D eigenvalue weighted by Gasteiger charge is 2.37. The molecule has 0 atom stereocenters. The summed E-state index contributed by atoms with van der Waals surface area (Å²) in [6.45, 7) is 8.71. The van der Waals surface area contributed by atoms with Gasteiger partial charge < -0.3 is 0 Å². The van der Waals surface area contributed by atoms with E-state index in [4.69, 9.17) is 6.57 Å². The van der Waals surface area contributed by atoms with Crippen LogP contribution in [0, 0.1) is 55.2 Å². The smallest absolute Gasteiger partial charge is 0.258 e. The fraction of sp³-hybridized carbons (Fsp3) is 0.0588. The summed E-state index contributed by atoms with van der Waals surface area (Å²) in [7, 11) is 0. The minimum absolute atomic E-state index is 0.00982. The first-order chi connectivity index (χ1) is 13.2. The van der Waals surface area contributed by atoms with Crippen LogP contribution in [0.4, 0.5) is 17.1 Å². The molecule has 0 bridgehead atoms. The van der Waals surface area contributed by atoms with Gasteiger partial charge in [0.05, 0.1) is 39.0 Å². The van der Waals surface area contributed by atoms with E-state index < -0.39 is 31.8 Å². The fourth-order valence-corrected chi connectivity index (χ4v) is 3.26. The number of allylic oxidation sites excluding steroid dienone is 1. The van der Waals surface area contributed by atoms with E-state index in [2.05, 4.69) is 4.85 Å². The lowest BCUT2D eigenvalue weighted by Crippen LogP contribution is -1.97. The second-order valence-electron chi connectivity index (χ2n) is 5.79. The predicted octanol–water partition coefficient (Wildman–Crippen LogP) is 3.90. The third-order valence-electron chi connectivity index (χ3n) is 4.28. The Morgan fingerprint density at radius 3 is 1.96 bits per heavy atom. The molecule has 0 N–H and O–H groups in total. The summed E-state index contributed by atoms with van der Waals surface area (Å²) in [5.74, 6) is 0. The Balaban J connectivity index is 2.60. The molecule has 1 aliphatic rings. The first-order valence-corrected chi connectivity index (χ1v) is 7.50. The number of nitriles is 1. The van der Waals surface area contributed by atoms with E-state index in [9.17, 15) is 35.6 Å². The van der Waals surface area contributed by atoms with Crippen LogP contribution in [0.1, 0.15) is 16.7 Å². The average Bonchev–Trinajstić information content (AvgIpc) is 2.96. The number of nitro groups is 3. The Morgan fingerprint density at radius 2 is 1.50 bits per heavy atom. The molecule has 0 aliphatic heterocycles. The Labute approximate surface area is 156 Å². The maximum atomic E-state index is 11.6. The monoisotopic (exact) mass is 377 g/mol. The van der Waals surface area contributed by atoms with Gasteiger partial charge in [0.1, 0.15) is 0 Å². The van der Waals surface area contributed by atoms with Gasteiger partial charge in [-0.1, -0.05) is 0 Å². The Kier molecular flexibility index (Phi) is 4.06. The molecule has 1 aliphatic carbocycles. The molecule has 3 rings (SSSR count). The van der Waals surface area contributed by atoms with Crippen LogP contribution in [0.2, 0.25) is 0 Å². The first-order valence-electron chi connectivity index (χ1n) is 7.50. The molecule has 28 heavy (non-hydrogen) atoms. The molecule has 2 aromatic rings. The average molecular weight is 377 g/mol. The van der Waals surface area contributed by atoms with Crippen molar-refractivity contribution >= 4 is 22.6 Å². The van der Waals surface area contributed by atoms with Crippen molar-refractivity contribution in [1.29, 1.82) is 5.26 Å². The third kappa shape index (κ3) is 2.51. The van der Waals surface area contributed by atoms with Crippen molar-refractivity contribution in [2.24, 2.45) is 0 Å². The van der Waals surface area contributed by atoms with Gasteiger partial charge in [-0.2, -0.15) is 0 Å². The van der Waals surface area contributed by atoms with E-state index in [1.807, 2.05) is 0 Å². The zero-order valence-corrected chi connectivity index (χ0v) is 14.0. The molecule has 0 heterocycles. The SMILES string of the molecule is [C-]#[N+]C(C#N)=C1c2cc([N+](=O)[O-])cc(C)c2-c2c1cc([N+](=O)[O-])cc2[N+](=O)[O-]. The van der Waals surface area contributed by atoms with Crippen molar-refractivity contribution in [1.82, 2.24) is 0 Å². The normalized spacial score (nSPS) is 13.0. The molecule has 11 nitrogen and oxygen atoms in total. The van der Waals surface area contributed by atoms with Crippen LogP contribution in [0.3, 0.4) is 0 Å². The Hall–Kier alpha value is -4.64. The maximum absolute atomic E-state index is 11.6. The van der Waals surface area contributed by atoms with E-state index in [0.717, 1.165) is 18.2 Å². The minimum Gasteiger partial charge on any atom is -0.258 e. The number of non-ortho nitro benzene ring substituents is 2. The van der Waals surface area contributed by atoms with Crippen LogP contribution in [-0.2, 0) is 0 Å². The van der Waals surface area contributed by atoms with E-state index in [1.165, 1.54) is 13.0 Å². The predicted molar refractivity (Wildman–Crippen MR) is 94.8 cm³/mol. The summed E-state index contributed by atoms with van der Waals surface area (Å²) in [5, 5.41) is 43.4. The van der Waals surface area contributed by atoms with E-state index in [-0.39, 0.29) is 33.5 Å². The molecule has 0 radical (unpaired) electrons. The largest absolute Gasteiger partial charge is 0.284 e. The maximum Gasteiger partial charge on any atom is 0.284 e. The lowest BCUT2D eigenvalue weighted by Gasteiger charge is -2.06. The number of fused-ring (bicyclic) bond motifs is 3. The summed E-state index contributed by atoms with van der Waals surface area (Å²) in [6.07, 6.45) is 0. The van der Waals surface area contributed by atoms with Crippen LogP contribution in [0.25, 0.3) is 21.5 Å². The molecule has 0 fully saturated rings. The molecule has 0 aromatic heterocycles. The molecular weight excluding hydrogens is 370 g/mol.